The number of carbonyl (C=O) groups is 1. The lowest BCUT2D eigenvalue weighted by molar-refractivity contribution is -0.384. The van der Waals surface area contributed by atoms with Gasteiger partial charge in [0.05, 0.1) is 17.4 Å². The molecule has 9 heteroatoms. The summed E-state index contributed by atoms with van der Waals surface area (Å²) in [5, 5.41) is 20.3. The third kappa shape index (κ3) is 5.15. The number of anilines is 1. The van der Waals surface area contributed by atoms with Gasteiger partial charge in [0.2, 0.25) is 0 Å². The second kappa shape index (κ2) is 9.26. The lowest BCUT2D eigenvalue weighted by Crippen LogP contribution is -2.50. The van der Waals surface area contributed by atoms with Crippen LogP contribution in [0.4, 0.5) is 11.4 Å². The summed E-state index contributed by atoms with van der Waals surface area (Å²) in [6.07, 6.45) is 0.329. The van der Waals surface area contributed by atoms with Crippen LogP contribution in [0.25, 0.3) is 0 Å². The van der Waals surface area contributed by atoms with Crippen LogP contribution in [0.15, 0.2) is 42.5 Å². The third-order valence-corrected chi connectivity index (χ3v) is 4.91. The molecular formula is C20H19ClN4O4. The highest BCUT2D eigenvalue weighted by atomic mass is 35.5. The Morgan fingerprint density at radius 3 is 2.48 bits per heavy atom. The predicted molar refractivity (Wildman–Crippen MR) is 108 cm³/mol. The van der Waals surface area contributed by atoms with Gasteiger partial charge in [-0.3, -0.25) is 14.9 Å². The van der Waals surface area contributed by atoms with Crippen LogP contribution >= 0.6 is 11.6 Å². The van der Waals surface area contributed by atoms with Crippen molar-refractivity contribution in [2.75, 3.05) is 37.7 Å². The van der Waals surface area contributed by atoms with Crippen molar-refractivity contribution < 1.29 is 14.5 Å². The molecule has 0 unspecified atom stereocenters. The smallest absolute Gasteiger partial charge is 0.294 e. The summed E-state index contributed by atoms with van der Waals surface area (Å²) in [7, 11) is 0. The average Bonchev–Trinajstić information content (AvgIpc) is 2.73. The van der Waals surface area contributed by atoms with Gasteiger partial charge in [0.1, 0.15) is 11.4 Å². The zero-order valence-electron chi connectivity index (χ0n) is 15.6. The van der Waals surface area contributed by atoms with Crippen molar-refractivity contribution in [3.63, 3.8) is 0 Å². The van der Waals surface area contributed by atoms with E-state index in [1.165, 1.54) is 6.07 Å². The van der Waals surface area contributed by atoms with E-state index >= 15 is 0 Å². The van der Waals surface area contributed by atoms with E-state index in [9.17, 15) is 14.9 Å². The van der Waals surface area contributed by atoms with E-state index in [0.29, 0.717) is 49.1 Å². The molecule has 1 aliphatic heterocycles. The molecule has 0 aliphatic carbocycles. The Morgan fingerprint density at radius 1 is 1.17 bits per heavy atom. The molecule has 1 heterocycles. The van der Waals surface area contributed by atoms with Gasteiger partial charge in [-0.05, 0) is 29.8 Å². The van der Waals surface area contributed by atoms with Crippen molar-refractivity contribution in [3.05, 3.63) is 63.2 Å². The molecule has 8 nitrogen and oxygen atoms in total. The Morgan fingerprint density at radius 2 is 1.86 bits per heavy atom. The summed E-state index contributed by atoms with van der Waals surface area (Å²) >= 11 is 5.87. The molecule has 2 aromatic carbocycles. The van der Waals surface area contributed by atoms with Crippen molar-refractivity contribution >= 4 is 28.9 Å². The first kappa shape index (κ1) is 20.4. The minimum Gasteiger partial charge on any atom is -0.484 e. The molecule has 0 spiro atoms. The van der Waals surface area contributed by atoms with Crippen LogP contribution < -0.4 is 9.64 Å². The molecule has 150 valence electrons. The quantitative estimate of drug-likeness (QED) is 0.532. The van der Waals surface area contributed by atoms with E-state index in [0.717, 1.165) is 5.56 Å². The molecule has 1 saturated heterocycles. The van der Waals surface area contributed by atoms with Gasteiger partial charge in [-0.1, -0.05) is 23.7 Å². The first-order valence-corrected chi connectivity index (χ1v) is 9.41. The molecule has 0 saturated carbocycles. The zero-order valence-corrected chi connectivity index (χ0v) is 16.3. The molecule has 1 fully saturated rings. The number of carbonyl (C=O) groups excluding carboxylic acids is 1. The van der Waals surface area contributed by atoms with E-state index in [1.807, 2.05) is 4.90 Å². The normalized spacial score (nSPS) is 13.7. The van der Waals surface area contributed by atoms with Crippen molar-refractivity contribution in [3.8, 4) is 11.8 Å². The predicted octanol–water partition coefficient (Wildman–Crippen LogP) is 3.04. The second-order valence-electron chi connectivity index (χ2n) is 6.53. The molecule has 29 heavy (non-hydrogen) atoms. The number of nitrogens with zero attached hydrogens (tertiary/aromatic N) is 4. The molecule has 0 bridgehead atoms. The number of piperazine rings is 1. The number of rotatable bonds is 6. The monoisotopic (exact) mass is 414 g/mol. The number of ether oxygens (including phenoxy) is 1. The van der Waals surface area contributed by atoms with Crippen LogP contribution in [0, 0.1) is 21.4 Å². The molecule has 0 aromatic heterocycles. The highest BCUT2D eigenvalue weighted by Crippen LogP contribution is 2.31. The number of hydrogen-bond acceptors (Lipinski definition) is 6. The van der Waals surface area contributed by atoms with Crippen molar-refractivity contribution in [2.24, 2.45) is 0 Å². The molecule has 2 aromatic rings. The number of nitriles is 1. The van der Waals surface area contributed by atoms with E-state index < -0.39 is 4.92 Å². The molecule has 0 atom stereocenters. The third-order valence-electron chi connectivity index (χ3n) is 4.68. The van der Waals surface area contributed by atoms with Crippen LogP contribution in [0.1, 0.15) is 5.56 Å². The first-order chi connectivity index (χ1) is 14.0. The average molecular weight is 415 g/mol. The SMILES string of the molecule is N#CCc1ccc(OCC(=O)N2CCN(c3ccc(Cl)cc3[N+](=O)[O-])CC2)cc1. The number of nitro groups is 1. The zero-order chi connectivity index (χ0) is 20.8. The number of nitro benzene ring substituents is 1. The number of benzene rings is 2. The van der Waals surface area contributed by atoms with Gasteiger partial charge in [0.25, 0.3) is 11.6 Å². The number of amides is 1. The fourth-order valence-electron chi connectivity index (χ4n) is 3.14. The summed E-state index contributed by atoms with van der Waals surface area (Å²) in [5.41, 5.74) is 1.35. The fourth-order valence-corrected chi connectivity index (χ4v) is 3.30. The van der Waals surface area contributed by atoms with Crippen molar-refractivity contribution in [2.45, 2.75) is 6.42 Å². The molecular weight excluding hydrogens is 396 g/mol. The molecule has 1 amide bonds. The van der Waals surface area contributed by atoms with E-state index in [4.69, 9.17) is 21.6 Å². The summed E-state index contributed by atoms with van der Waals surface area (Å²) in [6.45, 7) is 1.78. The van der Waals surface area contributed by atoms with E-state index in [1.54, 1.807) is 41.3 Å². The van der Waals surface area contributed by atoms with Gasteiger partial charge in [-0.25, -0.2) is 0 Å². The lowest BCUT2D eigenvalue weighted by Gasteiger charge is -2.35. The topological polar surface area (TPSA) is 99.7 Å². The highest BCUT2D eigenvalue weighted by molar-refractivity contribution is 6.30. The molecule has 3 rings (SSSR count). The Kier molecular flexibility index (Phi) is 6.52. The fraction of sp³-hybridized carbons (Fsp3) is 0.300. The molecule has 1 aliphatic rings. The van der Waals surface area contributed by atoms with Gasteiger partial charge in [0, 0.05) is 37.3 Å². The van der Waals surface area contributed by atoms with E-state index in [2.05, 4.69) is 6.07 Å². The van der Waals surface area contributed by atoms with Crippen LogP contribution in [0.3, 0.4) is 0 Å². The van der Waals surface area contributed by atoms with Crippen LogP contribution in [-0.2, 0) is 11.2 Å². The number of halogens is 1. The standard InChI is InChI=1S/C20H19ClN4O4/c21-16-3-6-18(19(13-16)25(27)28)23-9-11-24(12-10-23)20(26)14-29-17-4-1-15(2-5-17)7-8-22/h1-6,13H,7,9-12,14H2. The maximum atomic E-state index is 12.4. The number of hydrogen-bond donors (Lipinski definition) is 0. The van der Waals surface area contributed by atoms with Gasteiger partial charge >= 0.3 is 0 Å². The Hall–Kier alpha value is -3.31. The minimum absolute atomic E-state index is 0.0412. The van der Waals surface area contributed by atoms with Gasteiger partial charge in [-0.15, -0.1) is 0 Å². The Balaban J connectivity index is 1.53. The molecule has 0 N–H and O–H groups in total. The maximum Gasteiger partial charge on any atom is 0.294 e. The Labute approximate surface area is 173 Å². The van der Waals surface area contributed by atoms with Crippen LogP contribution in [-0.4, -0.2) is 48.5 Å². The van der Waals surface area contributed by atoms with Crippen molar-refractivity contribution in [1.29, 1.82) is 5.26 Å². The second-order valence-corrected chi connectivity index (χ2v) is 6.96. The summed E-state index contributed by atoms with van der Waals surface area (Å²) < 4.78 is 5.54. The largest absolute Gasteiger partial charge is 0.484 e. The molecule has 0 radical (unpaired) electrons. The Bertz CT molecular complexity index is 934. The van der Waals surface area contributed by atoms with Crippen LogP contribution in [0.2, 0.25) is 5.02 Å². The maximum absolute atomic E-state index is 12.4. The van der Waals surface area contributed by atoms with Gasteiger partial charge in [0.15, 0.2) is 6.61 Å². The van der Waals surface area contributed by atoms with Gasteiger partial charge in [-0.2, -0.15) is 5.26 Å². The minimum atomic E-state index is -0.450. The lowest BCUT2D eigenvalue weighted by atomic mass is 10.2. The van der Waals surface area contributed by atoms with Crippen molar-refractivity contribution in [1.82, 2.24) is 4.90 Å². The van der Waals surface area contributed by atoms with Gasteiger partial charge < -0.3 is 14.5 Å². The summed E-state index contributed by atoms with van der Waals surface area (Å²) in [5.74, 6) is 0.423. The van der Waals surface area contributed by atoms with E-state index in [-0.39, 0.29) is 18.2 Å². The highest BCUT2D eigenvalue weighted by Gasteiger charge is 2.26. The summed E-state index contributed by atoms with van der Waals surface area (Å²) in [4.78, 5) is 26.8. The first-order valence-electron chi connectivity index (χ1n) is 9.03. The van der Waals surface area contributed by atoms with Crippen LogP contribution in [0.5, 0.6) is 5.75 Å². The summed E-state index contributed by atoms with van der Waals surface area (Å²) in [6, 6.07) is 13.7.